The maximum atomic E-state index is 12.1. The van der Waals surface area contributed by atoms with Crippen LogP contribution < -0.4 is 5.56 Å². The molecule has 3 rings (SSSR count). The van der Waals surface area contributed by atoms with E-state index in [4.69, 9.17) is 0 Å². The predicted molar refractivity (Wildman–Crippen MR) is 78.2 cm³/mol. The Labute approximate surface area is 119 Å². The third kappa shape index (κ3) is 2.42. The molecule has 6 heteroatoms. The Hall–Kier alpha value is -2.21. The van der Waals surface area contributed by atoms with Gasteiger partial charge in [-0.2, -0.15) is 0 Å². The van der Waals surface area contributed by atoms with E-state index < -0.39 is 0 Å². The third-order valence-corrected chi connectivity index (χ3v) is 4.22. The number of carbonyl (C=O) groups excluding carboxylic acids is 1. The van der Waals surface area contributed by atoms with E-state index >= 15 is 0 Å². The molecule has 0 spiro atoms. The molecule has 0 unspecified atom stereocenters. The lowest BCUT2D eigenvalue weighted by Crippen LogP contribution is -2.15. The molecule has 0 fully saturated rings. The van der Waals surface area contributed by atoms with Gasteiger partial charge in [0.25, 0.3) is 5.56 Å². The SMILES string of the molecule is O=C(CCCn1sc2ccccc2c1=O)n1ccnc1. The van der Waals surface area contributed by atoms with Gasteiger partial charge in [-0.25, -0.2) is 4.98 Å². The van der Waals surface area contributed by atoms with Crippen LogP contribution in [0.25, 0.3) is 10.1 Å². The van der Waals surface area contributed by atoms with Gasteiger partial charge in [-0.1, -0.05) is 23.7 Å². The number of imidazole rings is 1. The Bertz CT molecular complexity index is 786. The largest absolute Gasteiger partial charge is 0.276 e. The summed E-state index contributed by atoms with van der Waals surface area (Å²) in [4.78, 5) is 27.7. The maximum absolute atomic E-state index is 12.1. The lowest BCUT2D eigenvalue weighted by Gasteiger charge is -2.01. The van der Waals surface area contributed by atoms with Gasteiger partial charge >= 0.3 is 0 Å². The van der Waals surface area contributed by atoms with E-state index in [1.54, 1.807) is 16.4 Å². The Kier molecular flexibility index (Phi) is 3.47. The molecule has 2 heterocycles. The summed E-state index contributed by atoms with van der Waals surface area (Å²) in [5.41, 5.74) is 0.0284. The van der Waals surface area contributed by atoms with Crippen LogP contribution >= 0.6 is 11.5 Å². The highest BCUT2D eigenvalue weighted by atomic mass is 32.1. The molecule has 0 amide bonds. The minimum Gasteiger partial charge on any atom is -0.276 e. The van der Waals surface area contributed by atoms with Gasteiger partial charge < -0.3 is 0 Å². The molecule has 20 heavy (non-hydrogen) atoms. The van der Waals surface area contributed by atoms with Crippen molar-refractivity contribution in [2.45, 2.75) is 19.4 Å². The van der Waals surface area contributed by atoms with Gasteiger partial charge in [-0.15, -0.1) is 0 Å². The van der Waals surface area contributed by atoms with Crippen molar-refractivity contribution in [1.82, 2.24) is 13.5 Å². The summed E-state index contributed by atoms with van der Waals surface area (Å²) in [7, 11) is 0. The van der Waals surface area contributed by atoms with Crippen LogP contribution in [-0.4, -0.2) is 19.4 Å². The molecule has 0 bridgehead atoms. The number of hydrogen-bond acceptors (Lipinski definition) is 4. The quantitative estimate of drug-likeness (QED) is 0.740. The average molecular weight is 287 g/mol. The number of benzene rings is 1. The summed E-state index contributed by atoms with van der Waals surface area (Å²) in [6.45, 7) is 0.568. The van der Waals surface area contributed by atoms with Crippen molar-refractivity contribution in [1.29, 1.82) is 0 Å². The first-order chi connectivity index (χ1) is 9.75. The smallest absolute Gasteiger partial charge is 0.268 e. The highest BCUT2D eigenvalue weighted by Crippen LogP contribution is 2.16. The zero-order valence-electron chi connectivity index (χ0n) is 10.7. The van der Waals surface area contributed by atoms with Gasteiger partial charge in [0.1, 0.15) is 6.33 Å². The van der Waals surface area contributed by atoms with Crippen LogP contribution in [-0.2, 0) is 6.54 Å². The first-order valence-electron chi connectivity index (χ1n) is 6.36. The molecular weight excluding hydrogens is 274 g/mol. The molecule has 0 aliphatic rings. The maximum Gasteiger partial charge on any atom is 0.268 e. The Morgan fingerprint density at radius 2 is 2.15 bits per heavy atom. The first kappa shape index (κ1) is 12.8. The van der Waals surface area contributed by atoms with Gasteiger partial charge in [-0.05, 0) is 18.6 Å². The molecule has 2 aromatic heterocycles. The first-order valence-corrected chi connectivity index (χ1v) is 7.13. The van der Waals surface area contributed by atoms with E-state index in [2.05, 4.69) is 4.98 Å². The van der Waals surface area contributed by atoms with E-state index in [0.717, 1.165) is 10.1 Å². The van der Waals surface area contributed by atoms with Crippen molar-refractivity contribution >= 4 is 27.5 Å². The standard InChI is InChI=1S/C14H13N3O2S/c18-13(16-9-7-15-10-16)6-3-8-17-14(19)11-4-1-2-5-12(11)20-17/h1-2,4-5,7,9-10H,3,6,8H2. The van der Waals surface area contributed by atoms with Gasteiger partial charge in [0, 0.05) is 25.4 Å². The average Bonchev–Trinajstić information content (AvgIpc) is 3.09. The van der Waals surface area contributed by atoms with Crippen molar-refractivity contribution in [3.8, 4) is 0 Å². The second-order valence-corrected chi connectivity index (χ2v) is 5.53. The minimum atomic E-state index is -0.00309. The summed E-state index contributed by atoms with van der Waals surface area (Å²) in [6, 6.07) is 7.56. The molecule has 0 aliphatic carbocycles. The molecule has 3 aromatic rings. The number of nitrogens with zero attached hydrogens (tertiary/aromatic N) is 3. The number of fused-ring (bicyclic) bond motifs is 1. The fraction of sp³-hybridized carbons (Fsp3) is 0.214. The molecule has 0 saturated heterocycles. The van der Waals surface area contributed by atoms with Crippen molar-refractivity contribution < 1.29 is 4.79 Å². The second-order valence-electron chi connectivity index (χ2n) is 4.46. The van der Waals surface area contributed by atoms with Crippen molar-refractivity contribution in [3.63, 3.8) is 0 Å². The number of rotatable bonds is 4. The Morgan fingerprint density at radius 3 is 2.90 bits per heavy atom. The minimum absolute atomic E-state index is 0.00309. The van der Waals surface area contributed by atoms with Crippen LogP contribution in [0.5, 0.6) is 0 Å². The summed E-state index contributed by atoms with van der Waals surface area (Å²) in [5.74, 6) is -0.00309. The van der Waals surface area contributed by atoms with Gasteiger partial charge in [-0.3, -0.25) is 18.1 Å². The summed E-state index contributed by atoms with van der Waals surface area (Å²) in [6.07, 6.45) is 5.75. The molecule has 102 valence electrons. The monoisotopic (exact) mass is 287 g/mol. The highest BCUT2D eigenvalue weighted by molar-refractivity contribution is 7.13. The number of carbonyl (C=O) groups is 1. The van der Waals surface area contributed by atoms with E-state index in [1.807, 2.05) is 24.3 Å². The summed E-state index contributed by atoms with van der Waals surface area (Å²) < 4.78 is 4.16. The van der Waals surface area contributed by atoms with Crippen LogP contribution in [0.1, 0.15) is 17.6 Å². The van der Waals surface area contributed by atoms with Crippen LogP contribution in [0, 0.1) is 0 Å². The summed E-state index contributed by atoms with van der Waals surface area (Å²) in [5, 5.41) is 0.749. The van der Waals surface area contributed by atoms with Crippen LogP contribution in [0.4, 0.5) is 0 Å². The molecular formula is C14H13N3O2S. The van der Waals surface area contributed by atoms with Gasteiger partial charge in [0.15, 0.2) is 0 Å². The Morgan fingerprint density at radius 1 is 1.30 bits per heavy atom. The Balaban J connectivity index is 1.67. The van der Waals surface area contributed by atoms with Crippen LogP contribution in [0.3, 0.4) is 0 Å². The van der Waals surface area contributed by atoms with Crippen molar-refractivity contribution in [3.05, 3.63) is 53.3 Å². The molecule has 0 atom stereocenters. The molecule has 0 saturated carbocycles. The zero-order valence-corrected chi connectivity index (χ0v) is 11.5. The number of aryl methyl sites for hydroxylation is 1. The third-order valence-electron chi connectivity index (χ3n) is 3.10. The van der Waals surface area contributed by atoms with Crippen molar-refractivity contribution in [2.75, 3.05) is 0 Å². The number of hydrogen-bond donors (Lipinski definition) is 0. The summed E-state index contributed by atoms with van der Waals surface area (Å²) >= 11 is 1.45. The fourth-order valence-electron chi connectivity index (χ4n) is 2.07. The lowest BCUT2D eigenvalue weighted by atomic mass is 10.3. The van der Waals surface area contributed by atoms with E-state index in [1.165, 1.54) is 22.4 Å². The lowest BCUT2D eigenvalue weighted by molar-refractivity contribution is 0.0898. The molecule has 0 radical (unpaired) electrons. The van der Waals surface area contributed by atoms with E-state index in [-0.39, 0.29) is 11.5 Å². The van der Waals surface area contributed by atoms with Crippen LogP contribution in [0.2, 0.25) is 0 Å². The van der Waals surface area contributed by atoms with Crippen molar-refractivity contribution in [2.24, 2.45) is 0 Å². The molecule has 0 aliphatic heterocycles. The van der Waals surface area contributed by atoms with Crippen LogP contribution in [0.15, 0.2) is 47.8 Å². The second kappa shape index (κ2) is 5.42. The predicted octanol–water partition coefficient (Wildman–Crippen LogP) is 2.38. The fourth-order valence-corrected chi connectivity index (χ4v) is 3.11. The normalized spacial score (nSPS) is 11.0. The zero-order chi connectivity index (χ0) is 13.9. The highest BCUT2D eigenvalue weighted by Gasteiger charge is 2.08. The topological polar surface area (TPSA) is 56.9 Å². The molecule has 0 N–H and O–H groups in total. The molecule has 5 nitrogen and oxygen atoms in total. The van der Waals surface area contributed by atoms with E-state index in [9.17, 15) is 9.59 Å². The van der Waals surface area contributed by atoms with E-state index in [0.29, 0.717) is 19.4 Å². The van der Waals surface area contributed by atoms with Gasteiger partial charge in [0.05, 0.1) is 10.1 Å². The number of aromatic nitrogens is 3. The molecule has 1 aromatic carbocycles. The van der Waals surface area contributed by atoms with Gasteiger partial charge in [0.2, 0.25) is 5.91 Å².